The number of rotatable bonds is 2. The van der Waals surface area contributed by atoms with Gasteiger partial charge >= 0.3 is 0 Å². The lowest BCUT2D eigenvalue weighted by atomic mass is 10.1. The molecule has 4 rings (SSSR count). The SMILES string of the molecule is Cc1nc2ccc(NC(=O)c3ccc4c(c3)NC(=O)CCN4C)cn2n1. The minimum Gasteiger partial charge on any atom is -0.372 e. The molecule has 0 atom stereocenters. The summed E-state index contributed by atoms with van der Waals surface area (Å²) in [6, 6.07) is 8.87. The number of hydrogen-bond donors (Lipinski definition) is 2. The van der Waals surface area contributed by atoms with Crippen molar-refractivity contribution >= 4 is 34.5 Å². The number of benzene rings is 1. The van der Waals surface area contributed by atoms with Gasteiger partial charge in [0.15, 0.2) is 5.65 Å². The highest BCUT2D eigenvalue weighted by molar-refractivity contribution is 6.06. The third-order valence-electron chi connectivity index (χ3n) is 4.31. The van der Waals surface area contributed by atoms with Crippen LogP contribution in [0.5, 0.6) is 0 Å². The van der Waals surface area contributed by atoms with Gasteiger partial charge in [-0.25, -0.2) is 9.50 Å². The number of carbonyl (C=O) groups excluding carboxylic acids is 2. The van der Waals surface area contributed by atoms with Crippen molar-refractivity contribution in [2.75, 3.05) is 29.1 Å². The average molecular weight is 350 g/mol. The predicted octanol–water partition coefficient (Wildman–Crippen LogP) is 2.07. The van der Waals surface area contributed by atoms with E-state index < -0.39 is 0 Å². The molecule has 0 saturated carbocycles. The topological polar surface area (TPSA) is 91.6 Å². The fraction of sp³-hybridized carbons (Fsp3) is 0.222. The van der Waals surface area contributed by atoms with Gasteiger partial charge in [0.1, 0.15) is 5.82 Å². The highest BCUT2D eigenvalue weighted by Crippen LogP contribution is 2.29. The van der Waals surface area contributed by atoms with Crippen molar-refractivity contribution in [3.63, 3.8) is 0 Å². The van der Waals surface area contributed by atoms with Crippen molar-refractivity contribution < 1.29 is 9.59 Å². The highest BCUT2D eigenvalue weighted by atomic mass is 16.2. The third kappa shape index (κ3) is 2.97. The number of aromatic nitrogens is 3. The van der Waals surface area contributed by atoms with Gasteiger partial charge in [-0.1, -0.05) is 0 Å². The molecule has 0 fully saturated rings. The molecule has 0 radical (unpaired) electrons. The van der Waals surface area contributed by atoms with Crippen LogP contribution in [0, 0.1) is 6.92 Å². The standard InChI is InChI=1S/C18H18N6O2/c1-11-19-16-6-4-13(10-24(16)22-11)20-18(26)12-3-5-15-14(9-12)21-17(25)7-8-23(15)2/h3-6,9-10H,7-8H2,1-2H3,(H,20,26)(H,21,25). The molecule has 26 heavy (non-hydrogen) atoms. The Morgan fingerprint density at radius 1 is 1.27 bits per heavy atom. The summed E-state index contributed by atoms with van der Waals surface area (Å²) >= 11 is 0. The monoisotopic (exact) mass is 350 g/mol. The first-order valence-corrected chi connectivity index (χ1v) is 8.29. The van der Waals surface area contributed by atoms with E-state index in [1.165, 1.54) is 0 Å². The van der Waals surface area contributed by atoms with Crippen molar-refractivity contribution in [2.45, 2.75) is 13.3 Å². The molecule has 3 heterocycles. The third-order valence-corrected chi connectivity index (χ3v) is 4.31. The van der Waals surface area contributed by atoms with Gasteiger partial charge in [-0.05, 0) is 37.3 Å². The van der Waals surface area contributed by atoms with Crippen LogP contribution in [-0.4, -0.2) is 40.0 Å². The van der Waals surface area contributed by atoms with Crippen LogP contribution in [0.25, 0.3) is 5.65 Å². The molecular formula is C18H18N6O2. The lowest BCUT2D eigenvalue weighted by Crippen LogP contribution is -2.18. The van der Waals surface area contributed by atoms with Crippen LogP contribution in [0.4, 0.5) is 17.1 Å². The molecule has 0 spiro atoms. The van der Waals surface area contributed by atoms with Gasteiger partial charge in [0.2, 0.25) is 5.91 Å². The van der Waals surface area contributed by atoms with Gasteiger partial charge in [-0.2, -0.15) is 5.10 Å². The van der Waals surface area contributed by atoms with Gasteiger partial charge in [-0.3, -0.25) is 9.59 Å². The first-order valence-electron chi connectivity index (χ1n) is 8.29. The Balaban J connectivity index is 1.60. The molecule has 1 aromatic carbocycles. The van der Waals surface area contributed by atoms with E-state index in [0.29, 0.717) is 35.7 Å². The average Bonchev–Trinajstić information content (AvgIpc) is 2.91. The van der Waals surface area contributed by atoms with Gasteiger partial charge in [-0.15, -0.1) is 0 Å². The number of anilines is 3. The molecule has 0 saturated heterocycles. The Labute approximate surface area is 149 Å². The summed E-state index contributed by atoms with van der Waals surface area (Å²) in [6.07, 6.45) is 2.14. The van der Waals surface area contributed by atoms with Crippen LogP contribution >= 0.6 is 0 Å². The van der Waals surface area contributed by atoms with E-state index in [4.69, 9.17) is 0 Å². The minimum atomic E-state index is -0.259. The molecule has 2 N–H and O–H groups in total. The quantitative estimate of drug-likeness (QED) is 0.738. The number of hydrogen-bond acceptors (Lipinski definition) is 5. The van der Waals surface area contributed by atoms with E-state index in [1.807, 2.05) is 24.9 Å². The Bertz CT molecular complexity index is 1030. The van der Waals surface area contributed by atoms with Crippen LogP contribution in [-0.2, 0) is 4.79 Å². The van der Waals surface area contributed by atoms with Crippen LogP contribution < -0.4 is 15.5 Å². The zero-order chi connectivity index (χ0) is 18.3. The van der Waals surface area contributed by atoms with E-state index in [-0.39, 0.29) is 11.8 Å². The summed E-state index contributed by atoms with van der Waals surface area (Å²) in [5.41, 5.74) is 3.34. The van der Waals surface area contributed by atoms with E-state index in [1.54, 1.807) is 35.0 Å². The van der Waals surface area contributed by atoms with Crippen molar-refractivity contribution in [1.29, 1.82) is 0 Å². The first kappa shape index (κ1) is 16.1. The lowest BCUT2D eigenvalue weighted by molar-refractivity contribution is -0.115. The Morgan fingerprint density at radius 3 is 2.96 bits per heavy atom. The minimum absolute atomic E-state index is 0.0554. The number of nitrogens with one attached hydrogen (secondary N) is 2. The second-order valence-corrected chi connectivity index (χ2v) is 6.29. The molecule has 132 valence electrons. The van der Waals surface area contributed by atoms with E-state index in [2.05, 4.69) is 20.7 Å². The number of aryl methyl sites for hydroxylation is 1. The van der Waals surface area contributed by atoms with Crippen molar-refractivity contribution in [3.05, 3.63) is 47.9 Å². The van der Waals surface area contributed by atoms with Crippen molar-refractivity contribution in [3.8, 4) is 0 Å². The lowest BCUT2D eigenvalue weighted by Gasteiger charge is -2.18. The van der Waals surface area contributed by atoms with Crippen LogP contribution in [0.3, 0.4) is 0 Å². The second kappa shape index (κ2) is 6.14. The fourth-order valence-electron chi connectivity index (χ4n) is 2.98. The second-order valence-electron chi connectivity index (χ2n) is 6.29. The maximum atomic E-state index is 12.6. The summed E-state index contributed by atoms with van der Waals surface area (Å²) in [6.45, 7) is 2.45. The summed E-state index contributed by atoms with van der Waals surface area (Å²) in [5, 5.41) is 9.95. The molecule has 2 amide bonds. The van der Waals surface area contributed by atoms with Gasteiger partial charge in [0.25, 0.3) is 5.91 Å². The number of nitrogens with zero attached hydrogens (tertiary/aromatic N) is 4. The molecule has 1 aliphatic rings. The smallest absolute Gasteiger partial charge is 0.255 e. The largest absolute Gasteiger partial charge is 0.372 e. The van der Waals surface area contributed by atoms with E-state index >= 15 is 0 Å². The molecule has 3 aromatic rings. The maximum Gasteiger partial charge on any atom is 0.255 e. The number of fused-ring (bicyclic) bond motifs is 2. The van der Waals surface area contributed by atoms with Gasteiger partial charge < -0.3 is 15.5 Å². The summed E-state index contributed by atoms with van der Waals surface area (Å²) < 4.78 is 1.62. The van der Waals surface area contributed by atoms with Crippen LogP contribution in [0.15, 0.2) is 36.5 Å². The zero-order valence-electron chi connectivity index (χ0n) is 14.5. The molecule has 0 unspecified atom stereocenters. The van der Waals surface area contributed by atoms with E-state index in [9.17, 15) is 9.59 Å². The number of amides is 2. The predicted molar refractivity (Wildman–Crippen MR) is 98.6 cm³/mol. The van der Waals surface area contributed by atoms with Crippen molar-refractivity contribution in [2.24, 2.45) is 0 Å². The molecule has 8 heteroatoms. The highest BCUT2D eigenvalue weighted by Gasteiger charge is 2.18. The summed E-state index contributed by atoms with van der Waals surface area (Å²) in [4.78, 5) is 30.7. The number of pyridine rings is 1. The van der Waals surface area contributed by atoms with Crippen LogP contribution in [0.2, 0.25) is 0 Å². The van der Waals surface area contributed by atoms with Crippen molar-refractivity contribution in [1.82, 2.24) is 14.6 Å². The molecule has 0 aliphatic carbocycles. The Hall–Kier alpha value is -3.42. The first-order chi connectivity index (χ1) is 12.5. The maximum absolute atomic E-state index is 12.6. The molecule has 2 aromatic heterocycles. The zero-order valence-corrected chi connectivity index (χ0v) is 14.5. The fourth-order valence-corrected chi connectivity index (χ4v) is 2.98. The Kier molecular flexibility index (Phi) is 3.80. The summed E-state index contributed by atoms with van der Waals surface area (Å²) in [7, 11) is 1.92. The normalized spacial score (nSPS) is 13.9. The summed E-state index contributed by atoms with van der Waals surface area (Å²) in [5.74, 6) is 0.351. The molecule has 0 bridgehead atoms. The number of carbonyl (C=O) groups is 2. The van der Waals surface area contributed by atoms with Crippen LogP contribution in [0.1, 0.15) is 22.6 Å². The van der Waals surface area contributed by atoms with Gasteiger partial charge in [0.05, 0.1) is 23.3 Å². The molecule has 8 nitrogen and oxygen atoms in total. The van der Waals surface area contributed by atoms with E-state index in [0.717, 1.165) is 11.3 Å². The van der Waals surface area contributed by atoms with Gasteiger partial charge in [0, 0.05) is 25.6 Å². The molecule has 1 aliphatic heterocycles. The molecular weight excluding hydrogens is 332 g/mol. The Morgan fingerprint density at radius 2 is 2.12 bits per heavy atom.